The van der Waals surface area contributed by atoms with Gasteiger partial charge >= 0.3 is 6.18 Å². The maximum absolute atomic E-state index is 13.3. The molecule has 3 aromatic rings. The molecule has 0 aliphatic heterocycles. The normalized spacial score (nSPS) is 11.6. The zero-order chi connectivity index (χ0) is 18.2. The fraction of sp³-hybridized carbons (Fsp3) is 0.176. The van der Waals surface area contributed by atoms with Gasteiger partial charge in [0.2, 0.25) is 0 Å². The van der Waals surface area contributed by atoms with E-state index in [1.165, 1.54) is 24.3 Å². The van der Waals surface area contributed by atoms with Crippen LogP contribution in [0.3, 0.4) is 0 Å². The van der Waals surface area contributed by atoms with Crippen molar-refractivity contribution >= 4 is 11.7 Å². The number of carbonyl (C=O) groups is 1. The molecule has 1 amide bonds. The standard InChI is InChI=1S/C17H15F3N4O/c1-11-10-15(21-16(25)14-8-5-9-23(14)2)24(22-11)13-7-4-3-6-12(13)17(18,19)20/h3-10H,1-2H3,(H,21,25). The molecule has 0 unspecified atom stereocenters. The highest BCUT2D eigenvalue weighted by Crippen LogP contribution is 2.34. The van der Waals surface area contributed by atoms with Gasteiger partial charge in [0.25, 0.3) is 5.91 Å². The number of aryl methyl sites for hydroxylation is 2. The smallest absolute Gasteiger partial charge is 0.347 e. The number of hydrogen-bond acceptors (Lipinski definition) is 2. The Balaban J connectivity index is 2.03. The zero-order valence-electron chi connectivity index (χ0n) is 13.5. The maximum Gasteiger partial charge on any atom is 0.418 e. The summed E-state index contributed by atoms with van der Waals surface area (Å²) in [7, 11) is 1.70. The van der Waals surface area contributed by atoms with Gasteiger partial charge in [-0.15, -0.1) is 0 Å². The van der Waals surface area contributed by atoms with Crippen LogP contribution in [0, 0.1) is 6.92 Å². The molecule has 130 valence electrons. The second-order valence-electron chi connectivity index (χ2n) is 5.56. The Morgan fingerprint density at radius 3 is 2.52 bits per heavy atom. The number of aromatic nitrogens is 3. The molecule has 25 heavy (non-hydrogen) atoms. The van der Waals surface area contributed by atoms with Crippen LogP contribution in [0.2, 0.25) is 0 Å². The van der Waals surface area contributed by atoms with Crippen molar-refractivity contribution in [1.82, 2.24) is 14.3 Å². The van der Waals surface area contributed by atoms with Gasteiger partial charge in [0.15, 0.2) is 0 Å². The molecule has 0 saturated heterocycles. The molecule has 2 heterocycles. The Morgan fingerprint density at radius 2 is 1.88 bits per heavy atom. The molecule has 0 saturated carbocycles. The lowest BCUT2D eigenvalue weighted by molar-refractivity contribution is -0.137. The van der Waals surface area contributed by atoms with Crippen molar-refractivity contribution in [2.24, 2.45) is 7.05 Å². The predicted octanol–water partition coefficient (Wildman–Crippen LogP) is 3.79. The van der Waals surface area contributed by atoms with E-state index in [1.54, 1.807) is 36.9 Å². The summed E-state index contributed by atoms with van der Waals surface area (Å²) in [6.07, 6.45) is -2.83. The van der Waals surface area contributed by atoms with Crippen LogP contribution in [0.5, 0.6) is 0 Å². The number of carbonyl (C=O) groups excluding carboxylic acids is 1. The van der Waals surface area contributed by atoms with E-state index in [0.29, 0.717) is 11.4 Å². The van der Waals surface area contributed by atoms with Gasteiger partial charge in [-0.25, -0.2) is 4.68 Å². The fourth-order valence-corrected chi connectivity index (χ4v) is 2.55. The van der Waals surface area contributed by atoms with Crippen LogP contribution in [0.1, 0.15) is 21.7 Å². The Kier molecular flexibility index (Phi) is 4.12. The van der Waals surface area contributed by atoms with Crippen LogP contribution in [-0.4, -0.2) is 20.3 Å². The molecule has 0 aliphatic carbocycles. The van der Waals surface area contributed by atoms with Crippen molar-refractivity contribution < 1.29 is 18.0 Å². The second-order valence-corrected chi connectivity index (χ2v) is 5.56. The molecule has 1 N–H and O–H groups in total. The highest BCUT2D eigenvalue weighted by atomic mass is 19.4. The minimum Gasteiger partial charge on any atom is -0.347 e. The Morgan fingerprint density at radius 1 is 1.16 bits per heavy atom. The maximum atomic E-state index is 13.3. The van der Waals surface area contributed by atoms with Crippen molar-refractivity contribution in [3.8, 4) is 5.69 Å². The molecular weight excluding hydrogens is 333 g/mol. The van der Waals surface area contributed by atoms with Gasteiger partial charge in [0.1, 0.15) is 11.5 Å². The van der Waals surface area contributed by atoms with Crippen LogP contribution in [0.4, 0.5) is 19.0 Å². The van der Waals surface area contributed by atoms with Crippen LogP contribution in [0.25, 0.3) is 5.69 Å². The van der Waals surface area contributed by atoms with E-state index in [2.05, 4.69) is 10.4 Å². The summed E-state index contributed by atoms with van der Waals surface area (Å²) in [6.45, 7) is 1.64. The third-order valence-corrected chi connectivity index (χ3v) is 3.69. The number of hydrogen-bond donors (Lipinski definition) is 1. The Hall–Kier alpha value is -3.03. The van der Waals surface area contributed by atoms with E-state index in [1.807, 2.05) is 0 Å². The quantitative estimate of drug-likeness (QED) is 0.783. The van der Waals surface area contributed by atoms with Crippen molar-refractivity contribution in [2.75, 3.05) is 5.32 Å². The first-order valence-electron chi connectivity index (χ1n) is 7.43. The van der Waals surface area contributed by atoms with Crippen LogP contribution in [-0.2, 0) is 13.2 Å². The van der Waals surface area contributed by atoms with Gasteiger partial charge in [-0.1, -0.05) is 12.1 Å². The summed E-state index contributed by atoms with van der Waals surface area (Å²) in [5, 5.41) is 6.73. The molecule has 5 nitrogen and oxygen atoms in total. The lowest BCUT2D eigenvalue weighted by Crippen LogP contribution is -2.19. The van der Waals surface area contributed by atoms with E-state index >= 15 is 0 Å². The van der Waals surface area contributed by atoms with Crippen molar-refractivity contribution in [3.63, 3.8) is 0 Å². The third kappa shape index (κ3) is 3.28. The predicted molar refractivity (Wildman–Crippen MR) is 86.7 cm³/mol. The minimum atomic E-state index is -4.53. The lowest BCUT2D eigenvalue weighted by atomic mass is 10.1. The number of benzene rings is 1. The summed E-state index contributed by atoms with van der Waals surface area (Å²) in [5.74, 6) is -0.265. The van der Waals surface area contributed by atoms with E-state index in [9.17, 15) is 18.0 Å². The largest absolute Gasteiger partial charge is 0.418 e. The van der Waals surface area contributed by atoms with E-state index in [-0.39, 0.29) is 11.5 Å². The number of halogens is 3. The second kappa shape index (κ2) is 6.12. The number of anilines is 1. The van der Waals surface area contributed by atoms with Crippen molar-refractivity contribution in [1.29, 1.82) is 0 Å². The zero-order valence-corrected chi connectivity index (χ0v) is 13.5. The number of nitrogens with zero attached hydrogens (tertiary/aromatic N) is 3. The van der Waals surface area contributed by atoms with Gasteiger partial charge in [-0.2, -0.15) is 18.3 Å². The monoisotopic (exact) mass is 348 g/mol. The SMILES string of the molecule is Cc1cc(NC(=O)c2cccn2C)n(-c2ccccc2C(F)(F)F)n1. The van der Waals surface area contributed by atoms with Crippen molar-refractivity contribution in [2.45, 2.75) is 13.1 Å². The topological polar surface area (TPSA) is 51.9 Å². The molecule has 0 aliphatic rings. The molecular formula is C17H15F3N4O. The van der Waals surface area contributed by atoms with Gasteiger partial charge < -0.3 is 9.88 Å². The minimum absolute atomic E-state index is 0.148. The number of nitrogens with one attached hydrogen (secondary N) is 1. The van der Waals surface area contributed by atoms with Crippen molar-refractivity contribution in [3.05, 3.63) is 65.6 Å². The summed E-state index contributed by atoms with van der Waals surface area (Å²) in [5.41, 5.74) is -0.105. The Bertz CT molecular complexity index is 924. The first kappa shape index (κ1) is 16.8. The molecule has 8 heteroatoms. The van der Waals surface area contributed by atoms with E-state index in [4.69, 9.17) is 0 Å². The van der Waals surface area contributed by atoms with Crippen LogP contribution >= 0.6 is 0 Å². The molecule has 2 aromatic heterocycles. The number of para-hydroxylation sites is 1. The number of alkyl halides is 3. The van der Waals surface area contributed by atoms with Gasteiger partial charge in [-0.3, -0.25) is 4.79 Å². The first-order valence-corrected chi connectivity index (χ1v) is 7.43. The molecule has 0 spiro atoms. The summed E-state index contributed by atoms with van der Waals surface area (Å²) in [4.78, 5) is 12.4. The van der Waals surface area contributed by atoms with Gasteiger partial charge in [-0.05, 0) is 31.2 Å². The third-order valence-electron chi connectivity index (χ3n) is 3.69. The van der Waals surface area contributed by atoms with Gasteiger partial charge in [0, 0.05) is 19.3 Å². The van der Waals surface area contributed by atoms with Crippen LogP contribution in [0.15, 0.2) is 48.7 Å². The molecule has 3 rings (SSSR count). The molecule has 0 radical (unpaired) electrons. The highest BCUT2D eigenvalue weighted by Gasteiger charge is 2.34. The average molecular weight is 348 g/mol. The summed E-state index contributed by atoms with van der Waals surface area (Å²) < 4.78 is 42.6. The summed E-state index contributed by atoms with van der Waals surface area (Å²) >= 11 is 0. The van der Waals surface area contributed by atoms with Crippen LogP contribution < -0.4 is 5.32 Å². The number of amides is 1. The molecule has 0 fully saturated rings. The van der Waals surface area contributed by atoms with E-state index in [0.717, 1.165) is 10.7 Å². The van der Waals surface area contributed by atoms with E-state index < -0.39 is 17.6 Å². The molecule has 1 aromatic carbocycles. The molecule has 0 atom stereocenters. The summed E-state index contributed by atoms with van der Waals surface area (Å²) in [6, 6.07) is 9.94. The lowest BCUT2D eigenvalue weighted by Gasteiger charge is -2.15. The average Bonchev–Trinajstić information content (AvgIpc) is 3.12. The first-order chi connectivity index (χ1) is 11.8. The highest BCUT2D eigenvalue weighted by molar-refractivity contribution is 6.02. The Labute approximate surface area is 141 Å². The van der Waals surface area contributed by atoms with Gasteiger partial charge in [0.05, 0.1) is 16.9 Å². The molecule has 0 bridgehead atoms. The fourth-order valence-electron chi connectivity index (χ4n) is 2.55. The number of rotatable bonds is 3.